The van der Waals surface area contributed by atoms with E-state index in [2.05, 4.69) is 11.8 Å². The molecule has 0 N–H and O–H groups in total. The van der Waals surface area contributed by atoms with Crippen LogP contribution in [0, 0.1) is 0 Å². The van der Waals surface area contributed by atoms with Crippen molar-refractivity contribution in [3.8, 4) is 0 Å². The molecule has 1 aromatic carbocycles. The summed E-state index contributed by atoms with van der Waals surface area (Å²) in [4.78, 5) is 15.7. The summed E-state index contributed by atoms with van der Waals surface area (Å²) in [5.41, 5.74) is 0.805. The molecule has 0 amide bonds. The van der Waals surface area contributed by atoms with E-state index in [1.165, 1.54) is 4.90 Å². The second kappa shape index (κ2) is 7.08. The number of thioether (sulfide) groups is 1. The summed E-state index contributed by atoms with van der Waals surface area (Å²) >= 11 is 1.69. The van der Waals surface area contributed by atoms with E-state index < -0.39 is 0 Å². The standard InChI is InChI=1S/C15H21NO2S/c1-3-13-11-18-9-8-16(13)10-15(17)12-4-6-14(19-2)7-5-12/h4-7,13H,3,8-11H2,1-2H3. The number of ketones is 1. The molecule has 0 radical (unpaired) electrons. The average molecular weight is 279 g/mol. The molecular weight excluding hydrogens is 258 g/mol. The van der Waals surface area contributed by atoms with Gasteiger partial charge in [-0.2, -0.15) is 0 Å². The summed E-state index contributed by atoms with van der Waals surface area (Å²) in [6.45, 7) is 4.97. The van der Waals surface area contributed by atoms with Crippen molar-refractivity contribution in [2.45, 2.75) is 24.3 Å². The third-order valence-electron chi connectivity index (χ3n) is 3.58. The Hall–Kier alpha value is -0.840. The molecule has 3 nitrogen and oxygen atoms in total. The molecule has 4 heteroatoms. The van der Waals surface area contributed by atoms with Gasteiger partial charge in [0, 0.05) is 23.0 Å². The third-order valence-corrected chi connectivity index (χ3v) is 4.32. The van der Waals surface area contributed by atoms with Crippen LogP contribution in [0.4, 0.5) is 0 Å². The van der Waals surface area contributed by atoms with Crippen molar-refractivity contribution in [1.29, 1.82) is 0 Å². The van der Waals surface area contributed by atoms with Crippen LogP contribution in [0.2, 0.25) is 0 Å². The summed E-state index contributed by atoms with van der Waals surface area (Å²) in [5.74, 6) is 0.202. The van der Waals surface area contributed by atoms with Crippen LogP contribution < -0.4 is 0 Å². The second-order valence-corrected chi connectivity index (χ2v) is 5.64. The predicted molar refractivity (Wildman–Crippen MR) is 79.0 cm³/mol. The second-order valence-electron chi connectivity index (χ2n) is 4.76. The van der Waals surface area contributed by atoms with Gasteiger partial charge in [0.05, 0.1) is 19.8 Å². The largest absolute Gasteiger partial charge is 0.378 e. The molecule has 1 saturated heterocycles. The minimum Gasteiger partial charge on any atom is -0.378 e. The van der Waals surface area contributed by atoms with E-state index in [0.29, 0.717) is 12.6 Å². The fourth-order valence-electron chi connectivity index (χ4n) is 2.33. The number of benzene rings is 1. The molecule has 0 bridgehead atoms. The number of morpholine rings is 1. The van der Waals surface area contributed by atoms with Gasteiger partial charge in [-0.25, -0.2) is 0 Å². The van der Waals surface area contributed by atoms with E-state index in [-0.39, 0.29) is 5.78 Å². The number of carbonyl (C=O) groups excluding carboxylic acids is 1. The number of ether oxygens (including phenoxy) is 1. The van der Waals surface area contributed by atoms with Gasteiger partial charge in [0.15, 0.2) is 5.78 Å². The van der Waals surface area contributed by atoms with Gasteiger partial charge < -0.3 is 4.74 Å². The van der Waals surface area contributed by atoms with E-state index in [0.717, 1.165) is 31.7 Å². The van der Waals surface area contributed by atoms with Gasteiger partial charge in [-0.1, -0.05) is 19.1 Å². The van der Waals surface area contributed by atoms with E-state index in [9.17, 15) is 4.79 Å². The molecule has 1 aliphatic rings. The van der Waals surface area contributed by atoms with Crippen LogP contribution in [0.1, 0.15) is 23.7 Å². The number of nitrogens with zero attached hydrogens (tertiary/aromatic N) is 1. The SMILES string of the molecule is CCC1COCCN1CC(=O)c1ccc(SC)cc1. The van der Waals surface area contributed by atoms with Crippen molar-refractivity contribution in [1.82, 2.24) is 4.90 Å². The molecule has 104 valence electrons. The molecule has 0 aliphatic carbocycles. The molecule has 0 saturated carbocycles. The van der Waals surface area contributed by atoms with E-state index in [4.69, 9.17) is 4.74 Å². The molecule has 19 heavy (non-hydrogen) atoms. The monoisotopic (exact) mass is 279 g/mol. The van der Waals surface area contributed by atoms with Crippen molar-refractivity contribution >= 4 is 17.5 Å². The zero-order chi connectivity index (χ0) is 13.7. The molecule has 1 heterocycles. The van der Waals surface area contributed by atoms with Crippen molar-refractivity contribution < 1.29 is 9.53 Å². The number of hydrogen-bond acceptors (Lipinski definition) is 4. The zero-order valence-electron chi connectivity index (χ0n) is 11.6. The first-order chi connectivity index (χ1) is 9.24. The number of rotatable bonds is 5. The highest BCUT2D eigenvalue weighted by Crippen LogP contribution is 2.16. The summed E-state index contributed by atoms with van der Waals surface area (Å²) in [7, 11) is 0. The Bertz CT molecular complexity index is 419. The lowest BCUT2D eigenvalue weighted by atomic mass is 10.1. The first-order valence-electron chi connectivity index (χ1n) is 6.73. The molecule has 1 aliphatic heterocycles. The van der Waals surface area contributed by atoms with Gasteiger partial charge in [0.2, 0.25) is 0 Å². The van der Waals surface area contributed by atoms with Crippen molar-refractivity contribution in [3.05, 3.63) is 29.8 Å². The molecule has 1 atom stereocenters. The van der Waals surface area contributed by atoms with E-state index in [1.54, 1.807) is 11.8 Å². The number of Topliss-reactive ketones (excluding diaryl/α,β-unsaturated/α-hetero) is 1. The highest BCUT2D eigenvalue weighted by molar-refractivity contribution is 7.98. The van der Waals surface area contributed by atoms with Crippen molar-refractivity contribution in [2.24, 2.45) is 0 Å². The molecule has 2 rings (SSSR count). The molecular formula is C15H21NO2S. The van der Waals surface area contributed by atoms with Crippen LogP contribution >= 0.6 is 11.8 Å². The van der Waals surface area contributed by atoms with E-state index >= 15 is 0 Å². The van der Waals surface area contributed by atoms with Crippen molar-refractivity contribution in [2.75, 3.05) is 32.6 Å². The Morgan fingerprint density at radius 1 is 1.42 bits per heavy atom. The van der Waals surface area contributed by atoms with Crippen LogP contribution in [-0.4, -0.2) is 49.3 Å². The van der Waals surface area contributed by atoms with Crippen molar-refractivity contribution in [3.63, 3.8) is 0 Å². The Labute approximate surface area is 119 Å². The van der Waals surface area contributed by atoms with Gasteiger partial charge in [0.25, 0.3) is 0 Å². The molecule has 0 spiro atoms. The summed E-state index contributed by atoms with van der Waals surface area (Å²) in [5, 5.41) is 0. The Kier molecular flexibility index (Phi) is 5.43. The molecule has 1 unspecified atom stereocenters. The van der Waals surface area contributed by atoms with Gasteiger partial charge in [-0.05, 0) is 24.8 Å². The smallest absolute Gasteiger partial charge is 0.176 e. The maximum absolute atomic E-state index is 12.3. The van der Waals surface area contributed by atoms with Crippen LogP contribution in [0.25, 0.3) is 0 Å². The predicted octanol–water partition coefficient (Wildman–Crippen LogP) is 2.70. The normalized spacial score (nSPS) is 20.4. The van der Waals surface area contributed by atoms with Gasteiger partial charge in [-0.3, -0.25) is 9.69 Å². The molecule has 1 aromatic rings. The van der Waals surface area contributed by atoms with Crippen LogP contribution in [0.3, 0.4) is 0 Å². The first kappa shape index (κ1) is 14.6. The summed E-state index contributed by atoms with van der Waals surface area (Å²) in [6, 6.07) is 8.25. The Morgan fingerprint density at radius 2 is 2.16 bits per heavy atom. The number of carbonyl (C=O) groups is 1. The first-order valence-corrected chi connectivity index (χ1v) is 7.96. The van der Waals surface area contributed by atoms with Crippen LogP contribution in [0.15, 0.2) is 29.2 Å². The Morgan fingerprint density at radius 3 is 2.79 bits per heavy atom. The Balaban J connectivity index is 1.98. The lowest BCUT2D eigenvalue weighted by Gasteiger charge is -2.34. The quantitative estimate of drug-likeness (QED) is 0.612. The minimum absolute atomic E-state index is 0.202. The maximum Gasteiger partial charge on any atom is 0.176 e. The van der Waals surface area contributed by atoms with E-state index in [1.807, 2.05) is 30.5 Å². The number of hydrogen-bond donors (Lipinski definition) is 0. The fraction of sp³-hybridized carbons (Fsp3) is 0.533. The fourth-order valence-corrected chi connectivity index (χ4v) is 2.73. The maximum atomic E-state index is 12.3. The lowest BCUT2D eigenvalue weighted by molar-refractivity contribution is -0.00585. The van der Waals surface area contributed by atoms with Gasteiger partial charge >= 0.3 is 0 Å². The van der Waals surface area contributed by atoms with Gasteiger partial charge in [-0.15, -0.1) is 11.8 Å². The lowest BCUT2D eigenvalue weighted by Crippen LogP contribution is -2.47. The average Bonchev–Trinajstić information content (AvgIpc) is 2.48. The van der Waals surface area contributed by atoms with Gasteiger partial charge in [0.1, 0.15) is 0 Å². The summed E-state index contributed by atoms with van der Waals surface area (Å²) < 4.78 is 5.47. The third kappa shape index (κ3) is 3.81. The van der Waals surface area contributed by atoms with Crippen LogP contribution in [-0.2, 0) is 4.74 Å². The topological polar surface area (TPSA) is 29.5 Å². The molecule has 1 fully saturated rings. The highest BCUT2D eigenvalue weighted by Gasteiger charge is 2.23. The zero-order valence-corrected chi connectivity index (χ0v) is 12.4. The minimum atomic E-state index is 0.202. The van der Waals surface area contributed by atoms with Crippen LogP contribution in [0.5, 0.6) is 0 Å². The highest BCUT2D eigenvalue weighted by atomic mass is 32.2. The molecule has 0 aromatic heterocycles. The summed E-state index contributed by atoms with van der Waals surface area (Å²) in [6.07, 6.45) is 3.06.